The summed E-state index contributed by atoms with van der Waals surface area (Å²) in [5, 5.41) is 23.4. The van der Waals surface area contributed by atoms with E-state index in [0.29, 0.717) is 24.2 Å². The van der Waals surface area contributed by atoms with Crippen LogP contribution in [0, 0.1) is 0 Å². The monoisotopic (exact) mass is 492 g/mol. The summed E-state index contributed by atoms with van der Waals surface area (Å²) < 4.78 is 6.13. The summed E-state index contributed by atoms with van der Waals surface area (Å²) in [5.41, 5.74) is 2.07. The number of amides is 2. The number of nitrogens with zero attached hydrogens (tertiary/aromatic N) is 1. The van der Waals surface area contributed by atoms with Gasteiger partial charge in [0.1, 0.15) is 23.7 Å². The Labute approximate surface area is 210 Å². The number of carbonyl (C=O) groups is 3. The maximum Gasteiger partial charge on any atom is 0.247 e. The fourth-order valence-corrected chi connectivity index (χ4v) is 4.96. The summed E-state index contributed by atoms with van der Waals surface area (Å²) in [6, 6.07) is 16.0. The van der Waals surface area contributed by atoms with Crippen LogP contribution in [0.3, 0.4) is 0 Å². The smallest absolute Gasteiger partial charge is 0.247 e. The third-order valence-corrected chi connectivity index (χ3v) is 6.67. The summed E-state index contributed by atoms with van der Waals surface area (Å²) in [4.78, 5) is 39.6. The molecule has 0 bridgehead atoms. The van der Waals surface area contributed by atoms with Crippen molar-refractivity contribution in [3.05, 3.63) is 77.4 Å². The summed E-state index contributed by atoms with van der Waals surface area (Å²) >= 11 is 0. The van der Waals surface area contributed by atoms with Gasteiger partial charge in [0.05, 0.1) is 18.6 Å². The molecule has 0 fully saturated rings. The van der Waals surface area contributed by atoms with Gasteiger partial charge in [-0.05, 0) is 31.1 Å². The molecule has 2 aromatic carbocycles. The fraction of sp³-hybridized carbons (Fsp3) is 0.393. The van der Waals surface area contributed by atoms with E-state index >= 15 is 0 Å². The predicted molar refractivity (Wildman–Crippen MR) is 133 cm³/mol. The predicted octanol–water partition coefficient (Wildman–Crippen LogP) is 2.10. The highest BCUT2D eigenvalue weighted by molar-refractivity contribution is 5.96. The summed E-state index contributed by atoms with van der Waals surface area (Å²) in [7, 11) is 0. The van der Waals surface area contributed by atoms with E-state index in [1.165, 1.54) is 6.92 Å². The van der Waals surface area contributed by atoms with Crippen molar-refractivity contribution in [3.63, 3.8) is 0 Å². The first-order chi connectivity index (χ1) is 17.4. The van der Waals surface area contributed by atoms with Crippen LogP contribution in [-0.4, -0.2) is 64.1 Å². The maximum atomic E-state index is 13.4. The van der Waals surface area contributed by atoms with Gasteiger partial charge in [-0.2, -0.15) is 0 Å². The Morgan fingerprint density at radius 2 is 1.75 bits per heavy atom. The third-order valence-electron chi connectivity index (χ3n) is 6.67. The van der Waals surface area contributed by atoms with Crippen molar-refractivity contribution in [2.75, 3.05) is 13.2 Å². The van der Waals surface area contributed by atoms with Gasteiger partial charge in [0.2, 0.25) is 11.8 Å². The number of fused-ring (bicyclic) bond motifs is 3. The number of carbonyl (C=O) groups excluding carboxylic acids is 3. The number of aliphatic hydroxyl groups is 2. The highest BCUT2D eigenvalue weighted by atomic mass is 16.5. The minimum Gasteiger partial charge on any atom is -0.486 e. The van der Waals surface area contributed by atoms with E-state index in [-0.39, 0.29) is 43.7 Å². The van der Waals surface area contributed by atoms with Crippen molar-refractivity contribution in [2.45, 2.75) is 56.9 Å². The number of rotatable bonds is 10. The number of hydrogen-bond acceptors (Lipinski definition) is 6. The molecule has 0 saturated carbocycles. The number of ether oxygens (including phenoxy) is 1. The standard InChI is InChI=1S/C28H32N2O6/c1-18(32)8-7-13-24(33)30(17-19-9-3-2-4-10-19)22-16-21(28(35)29-14-15-31)25-20-11-5-6-12-23(20)36-27(25)26(22)34/h2-6,9-12,16,22,25-27,31,34H,7-8,13-15,17H2,1H3,(H,29,35). The van der Waals surface area contributed by atoms with E-state index in [1.807, 2.05) is 48.5 Å². The normalized spacial score (nSPS) is 22.0. The first-order valence-electron chi connectivity index (χ1n) is 12.3. The molecule has 4 unspecified atom stereocenters. The summed E-state index contributed by atoms with van der Waals surface area (Å²) in [6.07, 6.45) is 0.670. The van der Waals surface area contributed by atoms with Crippen LogP contribution in [0.4, 0.5) is 0 Å². The van der Waals surface area contributed by atoms with E-state index in [9.17, 15) is 24.6 Å². The molecular weight excluding hydrogens is 460 g/mol. The fourth-order valence-electron chi connectivity index (χ4n) is 4.96. The van der Waals surface area contributed by atoms with Crippen LogP contribution in [0.5, 0.6) is 5.75 Å². The summed E-state index contributed by atoms with van der Waals surface area (Å²) in [6.45, 7) is 1.60. The SMILES string of the molecule is CC(=O)CCCC(=O)N(Cc1ccccc1)C1C=C(C(=O)NCCO)C2c3ccccc3OC2C1O. The van der Waals surface area contributed by atoms with Crippen LogP contribution in [-0.2, 0) is 20.9 Å². The molecular formula is C28H32N2O6. The number of para-hydroxylation sites is 1. The zero-order valence-corrected chi connectivity index (χ0v) is 20.3. The van der Waals surface area contributed by atoms with E-state index in [4.69, 9.17) is 4.74 Å². The molecule has 8 heteroatoms. The molecule has 36 heavy (non-hydrogen) atoms. The molecule has 8 nitrogen and oxygen atoms in total. The first kappa shape index (κ1) is 25.6. The lowest BCUT2D eigenvalue weighted by molar-refractivity contribution is -0.138. The number of Topliss-reactive ketones (excluding diaryl/α,β-unsaturated/α-hetero) is 1. The molecule has 0 spiro atoms. The molecule has 1 aliphatic carbocycles. The Hall–Kier alpha value is -3.49. The van der Waals surface area contributed by atoms with E-state index < -0.39 is 24.2 Å². The lowest BCUT2D eigenvalue weighted by Crippen LogP contribution is -2.55. The Bertz CT molecular complexity index is 1130. The Balaban J connectivity index is 1.71. The Morgan fingerprint density at radius 3 is 2.47 bits per heavy atom. The number of ketones is 1. The second kappa shape index (κ2) is 11.5. The largest absolute Gasteiger partial charge is 0.486 e. The van der Waals surface area contributed by atoms with Crippen molar-refractivity contribution in [2.24, 2.45) is 0 Å². The van der Waals surface area contributed by atoms with Gasteiger partial charge in [-0.1, -0.05) is 48.5 Å². The van der Waals surface area contributed by atoms with Crippen molar-refractivity contribution < 1.29 is 29.3 Å². The van der Waals surface area contributed by atoms with E-state index in [2.05, 4.69) is 5.32 Å². The van der Waals surface area contributed by atoms with Crippen LogP contribution in [0.25, 0.3) is 0 Å². The molecule has 1 aliphatic heterocycles. The van der Waals surface area contributed by atoms with Crippen LogP contribution in [0.2, 0.25) is 0 Å². The average molecular weight is 493 g/mol. The third kappa shape index (κ3) is 5.50. The molecule has 4 rings (SSSR count). The van der Waals surface area contributed by atoms with Gasteiger partial charge in [0, 0.05) is 37.1 Å². The topological polar surface area (TPSA) is 116 Å². The van der Waals surface area contributed by atoms with Crippen molar-refractivity contribution >= 4 is 17.6 Å². The molecule has 0 aromatic heterocycles. The number of benzene rings is 2. The van der Waals surface area contributed by atoms with Crippen LogP contribution in [0.15, 0.2) is 66.2 Å². The van der Waals surface area contributed by atoms with Gasteiger partial charge in [-0.25, -0.2) is 0 Å². The molecule has 1 heterocycles. The number of hydrogen-bond donors (Lipinski definition) is 3. The second-order valence-electron chi connectivity index (χ2n) is 9.24. The molecule has 2 amide bonds. The van der Waals surface area contributed by atoms with Gasteiger partial charge in [-0.3, -0.25) is 9.59 Å². The van der Waals surface area contributed by atoms with Crippen molar-refractivity contribution in [1.29, 1.82) is 0 Å². The molecule has 4 atom stereocenters. The molecule has 190 valence electrons. The van der Waals surface area contributed by atoms with Gasteiger partial charge in [0.25, 0.3) is 0 Å². The van der Waals surface area contributed by atoms with Gasteiger partial charge < -0.3 is 30.0 Å². The number of nitrogens with one attached hydrogen (secondary N) is 1. The first-order valence-corrected chi connectivity index (χ1v) is 12.3. The van der Waals surface area contributed by atoms with Crippen molar-refractivity contribution in [3.8, 4) is 5.75 Å². The quantitative estimate of drug-likeness (QED) is 0.468. The highest BCUT2D eigenvalue weighted by Gasteiger charge is 2.50. The summed E-state index contributed by atoms with van der Waals surface area (Å²) in [5.74, 6) is -0.491. The van der Waals surface area contributed by atoms with Crippen LogP contribution in [0.1, 0.15) is 43.2 Å². The van der Waals surface area contributed by atoms with Gasteiger partial charge in [-0.15, -0.1) is 0 Å². The maximum absolute atomic E-state index is 13.4. The number of aliphatic hydroxyl groups excluding tert-OH is 2. The second-order valence-corrected chi connectivity index (χ2v) is 9.24. The van der Waals surface area contributed by atoms with Crippen LogP contribution < -0.4 is 10.1 Å². The lowest BCUT2D eigenvalue weighted by atomic mass is 9.77. The minimum atomic E-state index is -1.09. The zero-order valence-electron chi connectivity index (χ0n) is 20.3. The molecule has 0 radical (unpaired) electrons. The molecule has 0 saturated heterocycles. The molecule has 2 aliphatic rings. The minimum absolute atomic E-state index is 0.0119. The molecule has 3 N–H and O–H groups in total. The average Bonchev–Trinajstić information content (AvgIpc) is 3.27. The zero-order chi connectivity index (χ0) is 25.7. The Morgan fingerprint density at radius 1 is 1.03 bits per heavy atom. The van der Waals surface area contributed by atoms with Gasteiger partial charge >= 0.3 is 0 Å². The van der Waals surface area contributed by atoms with Crippen LogP contribution >= 0.6 is 0 Å². The Kier molecular flexibility index (Phi) is 8.18. The van der Waals surface area contributed by atoms with Gasteiger partial charge in [0.15, 0.2) is 0 Å². The lowest BCUT2D eigenvalue weighted by Gasteiger charge is -2.41. The highest BCUT2D eigenvalue weighted by Crippen LogP contribution is 2.47. The van der Waals surface area contributed by atoms with Crippen molar-refractivity contribution in [1.82, 2.24) is 10.2 Å². The molecule has 2 aromatic rings. The van der Waals surface area contributed by atoms with E-state index in [1.54, 1.807) is 17.0 Å². The van der Waals surface area contributed by atoms with E-state index in [0.717, 1.165) is 11.1 Å².